The lowest BCUT2D eigenvalue weighted by Gasteiger charge is -2.34. The number of carbonyl (C=O) groups is 1. The number of nitrogens with zero attached hydrogens (tertiary/aromatic N) is 2. The van der Waals surface area contributed by atoms with Crippen molar-refractivity contribution in [2.45, 2.75) is 23.1 Å². The van der Waals surface area contributed by atoms with E-state index < -0.39 is 0 Å². The molecule has 3 rings (SSSR count). The first-order chi connectivity index (χ1) is 13.3. The second kappa shape index (κ2) is 8.60. The smallest absolute Gasteiger partial charge is 0.337 e. The highest BCUT2D eigenvalue weighted by Gasteiger charge is 2.24. The van der Waals surface area contributed by atoms with Crippen LogP contribution in [0.2, 0.25) is 5.02 Å². The number of benzene rings is 2. The van der Waals surface area contributed by atoms with Gasteiger partial charge in [-0.2, -0.15) is 0 Å². The molecule has 1 heterocycles. The Labute approximate surface area is 176 Å². The minimum atomic E-state index is -0.336. The van der Waals surface area contributed by atoms with E-state index in [0.29, 0.717) is 16.8 Å². The van der Waals surface area contributed by atoms with Crippen LogP contribution in [0.25, 0.3) is 0 Å². The molecule has 0 saturated heterocycles. The fourth-order valence-electron chi connectivity index (χ4n) is 3.12. The van der Waals surface area contributed by atoms with E-state index in [-0.39, 0.29) is 5.97 Å². The number of hydrogen-bond acceptors (Lipinski definition) is 4. The number of esters is 1. The highest BCUT2D eigenvalue weighted by molar-refractivity contribution is 7.99. The maximum Gasteiger partial charge on any atom is 0.337 e. The van der Waals surface area contributed by atoms with Crippen LogP contribution in [0.15, 0.2) is 64.4 Å². The first kappa shape index (κ1) is 20.8. The first-order valence-electron chi connectivity index (χ1n) is 9.25. The van der Waals surface area contributed by atoms with Gasteiger partial charge < -0.3 is 9.64 Å². The van der Waals surface area contributed by atoms with Crippen LogP contribution in [-0.4, -0.2) is 44.4 Å². The van der Waals surface area contributed by atoms with Crippen LogP contribution in [0.5, 0.6) is 0 Å². The molecule has 1 aliphatic rings. The minimum Gasteiger partial charge on any atom is -0.412 e. The highest BCUT2D eigenvalue weighted by atomic mass is 35.5. The Balaban J connectivity index is 1.70. The molecule has 2 aromatic carbocycles. The number of quaternary nitrogens is 1. The number of halogens is 1. The molecule has 2 aromatic rings. The molecular formula is C22H26ClN2O2S+. The van der Waals surface area contributed by atoms with Crippen LogP contribution in [-0.2, 0) is 9.53 Å². The molecule has 0 saturated carbocycles. The summed E-state index contributed by atoms with van der Waals surface area (Å²) >= 11 is 8.06. The maximum atomic E-state index is 11.7. The molecule has 0 unspecified atom stereocenters. The monoisotopic (exact) mass is 417 g/mol. The molecule has 0 aromatic heterocycles. The van der Waals surface area contributed by atoms with Gasteiger partial charge in [-0.05, 0) is 37.3 Å². The molecule has 6 heteroatoms. The van der Waals surface area contributed by atoms with Gasteiger partial charge in [0.05, 0.1) is 32.0 Å². The van der Waals surface area contributed by atoms with E-state index >= 15 is 0 Å². The van der Waals surface area contributed by atoms with Gasteiger partial charge in [0.15, 0.2) is 0 Å². The summed E-state index contributed by atoms with van der Waals surface area (Å²) in [6.45, 7) is 7.37. The molecule has 28 heavy (non-hydrogen) atoms. The van der Waals surface area contributed by atoms with E-state index in [4.69, 9.17) is 16.3 Å². The maximum absolute atomic E-state index is 11.7. The number of hydrogen-bond donors (Lipinski definition) is 0. The van der Waals surface area contributed by atoms with Crippen molar-refractivity contribution in [3.63, 3.8) is 0 Å². The van der Waals surface area contributed by atoms with Crippen molar-refractivity contribution < 1.29 is 14.0 Å². The number of anilines is 2. The zero-order valence-corrected chi connectivity index (χ0v) is 18.1. The third-order valence-electron chi connectivity index (χ3n) is 4.63. The Kier molecular flexibility index (Phi) is 6.38. The van der Waals surface area contributed by atoms with Gasteiger partial charge in [0.2, 0.25) is 6.73 Å². The van der Waals surface area contributed by atoms with Crippen molar-refractivity contribution in [2.75, 3.05) is 38.8 Å². The highest BCUT2D eigenvalue weighted by Crippen LogP contribution is 2.48. The molecule has 0 bridgehead atoms. The van der Waals surface area contributed by atoms with Crippen LogP contribution in [0, 0.1) is 0 Å². The van der Waals surface area contributed by atoms with Gasteiger partial charge in [-0.15, -0.1) is 0 Å². The minimum absolute atomic E-state index is 0.334. The zero-order valence-electron chi connectivity index (χ0n) is 16.6. The molecule has 4 nitrogen and oxygen atoms in total. The van der Waals surface area contributed by atoms with Crippen LogP contribution < -0.4 is 4.90 Å². The summed E-state index contributed by atoms with van der Waals surface area (Å²) in [6, 6.07) is 14.5. The van der Waals surface area contributed by atoms with Crippen LogP contribution in [0.1, 0.15) is 13.3 Å². The zero-order chi connectivity index (χ0) is 20.3. The Bertz CT molecular complexity index is 898. The summed E-state index contributed by atoms with van der Waals surface area (Å²) in [6.07, 6.45) is 0.947. The Morgan fingerprint density at radius 3 is 2.64 bits per heavy atom. The predicted octanol–water partition coefficient (Wildman–Crippen LogP) is 5.49. The Hall–Kier alpha value is -1.95. The molecule has 0 atom stereocenters. The Morgan fingerprint density at radius 1 is 1.18 bits per heavy atom. The van der Waals surface area contributed by atoms with Crippen molar-refractivity contribution in [2.24, 2.45) is 0 Å². The number of fused-ring (bicyclic) bond motifs is 2. The van der Waals surface area contributed by atoms with Gasteiger partial charge in [-0.3, -0.25) is 4.48 Å². The molecule has 0 N–H and O–H groups in total. The Morgan fingerprint density at radius 2 is 1.89 bits per heavy atom. The fraction of sp³-hybridized carbons (Fsp3) is 0.318. The van der Waals surface area contributed by atoms with Crippen LogP contribution >= 0.6 is 23.4 Å². The summed E-state index contributed by atoms with van der Waals surface area (Å²) in [5.74, 6) is -0.336. The van der Waals surface area contributed by atoms with E-state index in [0.717, 1.165) is 30.2 Å². The molecule has 0 fully saturated rings. The molecular weight excluding hydrogens is 392 g/mol. The number of para-hydroxylation sites is 1. The van der Waals surface area contributed by atoms with Gasteiger partial charge in [-0.1, -0.05) is 42.1 Å². The standard InChI is InChI=1S/C22H26ClN2O2S/c1-16(2)22(26)27-15-25(3,4)13-7-12-24-18-8-5-6-9-20(18)28-21-11-10-17(23)14-19(21)24/h5-6,8-11,14H,1,7,12-13,15H2,2-4H3/q+1. The van der Waals surface area contributed by atoms with Gasteiger partial charge in [0.1, 0.15) is 0 Å². The van der Waals surface area contributed by atoms with Crippen molar-refractivity contribution in [1.82, 2.24) is 0 Å². The van der Waals surface area contributed by atoms with Crippen molar-refractivity contribution in [3.8, 4) is 0 Å². The third kappa shape index (κ3) is 4.90. The lowest BCUT2D eigenvalue weighted by Crippen LogP contribution is -2.44. The van der Waals surface area contributed by atoms with E-state index in [1.165, 1.54) is 15.5 Å². The lowest BCUT2D eigenvalue weighted by atomic mass is 10.2. The summed E-state index contributed by atoms with van der Waals surface area (Å²) in [4.78, 5) is 16.5. The number of rotatable bonds is 7. The second-order valence-corrected chi connectivity index (χ2v) is 9.21. The van der Waals surface area contributed by atoms with Gasteiger partial charge in [-0.25, -0.2) is 4.79 Å². The van der Waals surface area contributed by atoms with E-state index in [2.05, 4.69) is 55.9 Å². The number of ether oxygens (including phenoxy) is 1. The summed E-state index contributed by atoms with van der Waals surface area (Å²) in [5, 5.41) is 0.742. The second-order valence-electron chi connectivity index (χ2n) is 7.69. The van der Waals surface area contributed by atoms with E-state index in [1.807, 2.05) is 12.1 Å². The molecule has 0 radical (unpaired) electrons. The molecule has 148 valence electrons. The quantitative estimate of drug-likeness (QED) is 0.258. The van der Waals surface area contributed by atoms with Crippen molar-refractivity contribution in [1.29, 1.82) is 0 Å². The average molecular weight is 418 g/mol. The normalized spacial score (nSPS) is 12.9. The molecule has 1 aliphatic heterocycles. The van der Waals surface area contributed by atoms with Gasteiger partial charge >= 0.3 is 5.97 Å². The summed E-state index contributed by atoms with van der Waals surface area (Å²) in [7, 11) is 4.13. The van der Waals surface area contributed by atoms with Crippen LogP contribution in [0.3, 0.4) is 0 Å². The first-order valence-corrected chi connectivity index (χ1v) is 10.4. The van der Waals surface area contributed by atoms with Crippen molar-refractivity contribution >= 4 is 40.7 Å². The van der Waals surface area contributed by atoms with Gasteiger partial charge in [0.25, 0.3) is 0 Å². The number of carbonyl (C=O) groups excluding carboxylic acids is 1. The summed E-state index contributed by atoms with van der Waals surface area (Å²) in [5.41, 5.74) is 2.78. The summed E-state index contributed by atoms with van der Waals surface area (Å²) < 4.78 is 5.94. The van der Waals surface area contributed by atoms with Crippen LogP contribution in [0.4, 0.5) is 11.4 Å². The molecule has 0 aliphatic carbocycles. The molecule has 0 spiro atoms. The predicted molar refractivity (Wildman–Crippen MR) is 116 cm³/mol. The lowest BCUT2D eigenvalue weighted by molar-refractivity contribution is -0.907. The van der Waals surface area contributed by atoms with Gasteiger partial charge in [0, 0.05) is 33.4 Å². The van der Waals surface area contributed by atoms with Crippen molar-refractivity contribution in [3.05, 3.63) is 59.6 Å². The topological polar surface area (TPSA) is 29.5 Å². The fourth-order valence-corrected chi connectivity index (χ4v) is 4.36. The average Bonchev–Trinajstić information content (AvgIpc) is 2.65. The largest absolute Gasteiger partial charge is 0.412 e. The third-order valence-corrected chi connectivity index (χ3v) is 5.99. The molecule has 0 amide bonds. The van der Waals surface area contributed by atoms with E-state index in [9.17, 15) is 4.79 Å². The van der Waals surface area contributed by atoms with E-state index in [1.54, 1.807) is 18.7 Å². The SMILES string of the molecule is C=C(C)C(=O)OC[N+](C)(C)CCCN1c2ccccc2Sc2ccc(Cl)cc21.